The third kappa shape index (κ3) is 6.40. The van der Waals surface area contributed by atoms with Crippen molar-refractivity contribution in [1.82, 2.24) is 15.1 Å². The lowest BCUT2D eigenvalue weighted by atomic mass is 9.88. The standard InChI is InChI=1S/C23H27N5O/c1-28(2)16-15-24-21-13-14-22(27-26-21)25-23(29)17-20(18-9-5-3-6-10-18)19-11-7-4-8-12-19/h3-14,20H,15-17H2,1-2H3,(H,24,26)(H,25,27,29). The van der Waals surface area contributed by atoms with Crippen LogP contribution in [0.25, 0.3) is 0 Å². The molecule has 0 fully saturated rings. The molecule has 0 unspecified atom stereocenters. The molecule has 0 saturated heterocycles. The summed E-state index contributed by atoms with van der Waals surface area (Å²) in [5.74, 6) is 1.03. The number of anilines is 2. The van der Waals surface area contributed by atoms with Gasteiger partial charge in [-0.15, -0.1) is 10.2 Å². The van der Waals surface area contributed by atoms with Crippen LogP contribution in [0.3, 0.4) is 0 Å². The molecule has 0 aliphatic rings. The van der Waals surface area contributed by atoms with E-state index in [9.17, 15) is 4.79 Å². The van der Waals surface area contributed by atoms with Gasteiger partial charge in [-0.25, -0.2) is 0 Å². The summed E-state index contributed by atoms with van der Waals surface area (Å²) in [5.41, 5.74) is 2.22. The molecule has 0 atom stereocenters. The largest absolute Gasteiger partial charge is 0.367 e. The second kappa shape index (κ2) is 10.3. The van der Waals surface area contributed by atoms with Crippen LogP contribution in [-0.2, 0) is 4.79 Å². The number of aromatic nitrogens is 2. The molecule has 0 spiro atoms. The average Bonchev–Trinajstić information content (AvgIpc) is 2.74. The third-order valence-corrected chi connectivity index (χ3v) is 4.59. The first kappa shape index (κ1) is 20.5. The number of hydrogen-bond acceptors (Lipinski definition) is 5. The van der Waals surface area contributed by atoms with Gasteiger partial charge in [0.2, 0.25) is 5.91 Å². The average molecular weight is 390 g/mol. The molecule has 3 rings (SSSR count). The predicted molar refractivity (Wildman–Crippen MR) is 117 cm³/mol. The molecule has 0 aliphatic heterocycles. The molecule has 0 aliphatic carbocycles. The maximum absolute atomic E-state index is 12.7. The summed E-state index contributed by atoms with van der Waals surface area (Å²) in [6.07, 6.45) is 0.332. The SMILES string of the molecule is CN(C)CCNc1ccc(NC(=O)CC(c2ccccc2)c2ccccc2)nn1. The lowest BCUT2D eigenvalue weighted by Crippen LogP contribution is -2.21. The maximum Gasteiger partial charge on any atom is 0.226 e. The highest BCUT2D eigenvalue weighted by atomic mass is 16.1. The Morgan fingerprint density at radius 2 is 1.41 bits per heavy atom. The van der Waals surface area contributed by atoms with Gasteiger partial charge in [0.1, 0.15) is 5.82 Å². The second-order valence-electron chi connectivity index (χ2n) is 7.16. The van der Waals surface area contributed by atoms with Crippen LogP contribution in [-0.4, -0.2) is 48.2 Å². The number of hydrogen-bond donors (Lipinski definition) is 2. The fourth-order valence-electron chi connectivity index (χ4n) is 3.08. The van der Waals surface area contributed by atoms with Crippen LogP contribution in [0.1, 0.15) is 23.5 Å². The third-order valence-electron chi connectivity index (χ3n) is 4.59. The highest BCUT2D eigenvalue weighted by Crippen LogP contribution is 2.28. The van der Waals surface area contributed by atoms with Gasteiger partial charge in [0.05, 0.1) is 0 Å². The van der Waals surface area contributed by atoms with Gasteiger partial charge in [-0.1, -0.05) is 60.7 Å². The second-order valence-corrected chi connectivity index (χ2v) is 7.16. The highest BCUT2D eigenvalue weighted by molar-refractivity contribution is 5.90. The number of likely N-dealkylation sites (N-methyl/N-ethyl adjacent to an activating group) is 1. The number of carbonyl (C=O) groups excluding carboxylic acids is 1. The van der Waals surface area contributed by atoms with Gasteiger partial charge in [0, 0.05) is 25.4 Å². The van der Waals surface area contributed by atoms with E-state index in [0.717, 1.165) is 24.2 Å². The minimum absolute atomic E-state index is 0.0164. The highest BCUT2D eigenvalue weighted by Gasteiger charge is 2.18. The number of amides is 1. The van der Waals surface area contributed by atoms with E-state index >= 15 is 0 Å². The number of nitrogens with one attached hydrogen (secondary N) is 2. The van der Waals surface area contributed by atoms with E-state index < -0.39 is 0 Å². The van der Waals surface area contributed by atoms with Gasteiger partial charge >= 0.3 is 0 Å². The Morgan fingerprint density at radius 1 is 0.862 bits per heavy atom. The van der Waals surface area contributed by atoms with E-state index in [2.05, 4.69) is 50.0 Å². The van der Waals surface area contributed by atoms with Gasteiger partial charge in [0.25, 0.3) is 0 Å². The molecule has 1 amide bonds. The minimum Gasteiger partial charge on any atom is -0.367 e. The Labute approximate surface area is 172 Å². The number of carbonyl (C=O) groups is 1. The monoisotopic (exact) mass is 389 g/mol. The molecule has 6 heteroatoms. The topological polar surface area (TPSA) is 70.2 Å². The van der Waals surface area contributed by atoms with Gasteiger partial charge < -0.3 is 15.5 Å². The van der Waals surface area contributed by atoms with E-state index in [1.165, 1.54) is 0 Å². The molecule has 29 heavy (non-hydrogen) atoms. The van der Waals surface area contributed by atoms with E-state index in [-0.39, 0.29) is 11.8 Å². The number of benzene rings is 2. The Hall–Kier alpha value is -3.25. The van der Waals surface area contributed by atoms with Crippen LogP contribution < -0.4 is 10.6 Å². The van der Waals surface area contributed by atoms with E-state index in [0.29, 0.717) is 18.1 Å². The summed E-state index contributed by atoms with van der Waals surface area (Å²) < 4.78 is 0. The van der Waals surface area contributed by atoms with Crippen molar-refractivity contribution < 1.29 is 4.79 Å². The van der Waals surface area contributed by atoms with E-state index in [1.54, 1.807) is 6.07 Å². The summed E-state index contributed by atoms with van der Waals surface area (Å²) >= 11 is 0. The number of rotatable bonds is 9. The van der Waals surface area contributed by atoms with Gasteiger partial charge in [0.15, 0.2) is 5.82 Å². The van der Waals surface area contributed by atoms with Crippen LogP contribution in [0.5, 0.6) is 0 Å². The van der Waals surface area contributed by atoms with Crippen molar-refractivity contribution in [2.24, 2.45) is 0 Å². The molecule has 0 bridgehead atoms. The van der Waals surface area contributed by atoms with Crippen LogP contribution >= 0.6 is 0 Å². The Morgan fingerprint density at radius 3 is 1.93 bits per heavy atom. The lowest BCUT2D eigenvalue weighted by Gasteiger charge is -2.17. The van der Waals surface area contributed by atoms with Crippen molar-refractivity contribution in [2.45, 2.75) is 12.3 Å². The van der Waals surface area contributed by atoms with Crippen molar-refractivity contribution in [1.29, 1.82) is 0 Å². The zero-order valence-electron chi connectivity index (χ0n) is 16.9. The van der Waals surface area contributed by atoms with Crippen molar-refractivity contribution in [2.75, 3.05) is 37.8 Å². The summed E-state index contributed by atoms with van der Waals surface area (Å²) in [6, 6.07) is 23.8. The molecule has 1 heterocycles. The van der Waals surface area contributed by atoms with E-state index in [4.69, 9.17) is 0 Å². The summed E-state index contributed by atoms with van der Waals surface area (Å²) in [4.78, 5) is 14.8. The molecular formula is C23H27N5O. The Bertz CT molecular complexity index is 843. The van der Waals surface area contributed by atoms with Crippen LogP contribution in [0.2, 0.25) is 0 Å². The first-order valence-electron chi connectivity index (χ1n) is 9.74. The Kier molecular flexibility index (Phi) is 7.30. The summed E-state index contributed by atoms with van der Waals surface area (Å²) in [7, 11) is 4.04. The molecule has 2 N–H and O–H groups in total. The van der Waals surface area contributed by atoms with Crippen LogP contribution in [0.15, 0.2) is 72.8 Å². The minimum atomic E-state index is -0.0923. The smallest absolute Gasteiger partial charge is 0.226 e. The fraction of sp³-hybridized carbons (Fsp3) is 0.261. The zero-order valence-corrected chi connectivity index (χ0v) is 16.9. The molecule has 2 aromatic carbocycles. The van der Waals surface area contributed by atoms with Gasteiger partial charge in [-0.05, 0) is 37.4 Å². The van der Waals surface area contributed by atoms with Crippen molar-refractivity contribution in [3.63, 3.8) is 0 Å². The van der Waals surface area contributed by atoms with Crippen molar-refractivity contribution >= 4 is 17.5 Å². The predicted octanol–water partition coefficient (Wildman–Crippen LogP) is 3.61. The molecule has 0 saturated carbocycles. The molecule has 0 radical (unpaired) electrons. The zero-order chi connectivity index (χ0) is 20.5. The summed E-state index contributed by atoms with van der Waals surface area (Å²) in [6.45, 7) is 1.68. The number of nitrogens with zero attached hydrogens (tertiary/aromatic N) is 3. The maximum atomic E-state index is 12.7. The van der Waals surface area contributed by atoms with Crippen LogP contribution in [0, 0.1) is 0 Å². The van der Waals surface area contributed by atoms with Crippen LogP contribution in [0.4, 0.5) is 11.6 Å². The molecule has 1 aromatic heterocycles. The first-order chi connectivity index (χ1) is 14.1. The molecule has 3 aromatic rings. The summed E-state index contributed by atoms with van der Waals surface area (Å²) in [5, 5.41) is 14.3. The van der Waals surface area contributed by atoms with Gasteiger partial charge in [-0.2, -0.15) is 0 Å². The fourth-order valence-corrected chi connectivity index (χ4v) is 3.08. The Balaban J connectivity index is 1.63. The molecule has 6 nitrogen and oxygen atoms in total. The quantitative estimate of drug-likeness (QED) is 0.585. The molecular weight excluding hydrogens is 362 g/mol. The van der Waals surface area contributed by atoms with Crippen molar-refractivity contribution in [3.05, 3.63) is 83.9 Å². The normalized spacial score (nSPS) is 10.9. The van der Waals surface area contributed by atoms with Crippen molar-refractivity contribution in [3.8, 4) is 0 Å². The first-order valence-corrected chi connectivity index (χ1v) is 9.74. The van der Waals surface area contributed by atoms with Gasteiger partial charge in [-0.3, -0.25) is 4.79 Å². The lowest BCUT2D eigenvalue weighted by molar-refractivity contribution is -0.116. The molecule has 150 valence electrons. The van der Waals surface area contributed by atoms with E-state index in [1.807, 2.05) is 56.6 Å².